The summed E-state index contributed by atoms with van der Waals surface area (Å²) in [6, 6.07) is 0. The molecule has 2 rings (SSSR count). The highest BCUT2D eigenvalue weighted by Crippen LogP contribution is 2.17. The predicted octanol–water partition coefficient (Wildman–Crippen LogP) is 1.08. The van der Waals surface area contributed by atoms with E-state index in [9.17, 15) is 4.79 Å². The number of piperidine rings is 1. The molecule has 2 heterocycles. The molecular formula is C11H19NO2. The second kappa shape index (κ2) is 4.89. The van der Waals surface area contributed by atoms with E-state index in [-0.39, 0.29) is 0 Å². The van der Waals surface area contributed by atoms with Crippen LogP contribution in [0.25, 0.3) is 0 Å². The first-order valence-electron chi connectivity index (χ1n) is 5.66. The van der Waals surface area contributed by atoms with Crippen molar-refractivity contribution in [2.24, 2.45) is 5.92 Å². The summed E-state index contributed by atoms with van der Waals surface area (Å²) in [5.41, 5.74) is 0. The van der Waals surface area contributed by atoms with Gasteiger partial charge in [0, 0.05) is 39.1 Å². The number of ketones is 1. The third-order valence-corrected chi connectivity index (χ3v) is 3.29. The molecule has 1 unspecified atom stereocenters. The van der Waals surface area contributed by atoms with E-state index in [0.717, 1.165) is 51.6 Å². The van der Waals surface area contributed by atoms with Gasteiger partial charge in [-0.25, -0.2) is 0 Å². The number of rotatable bonds is 3. The Balaban J connectivity index is 1.63. The molecule has 0 N–H and O–H groups in total. The van der Waals surface area contributed by atoms with Crippen molar-refractivity contribution in [1.29, 1.82) is 0 Å². The zero-order chi connectivity index (χ0) is 9.80. The van der Waals surface area contributed by atoms with Crippen LogP contribution in [0.5, 0.6) is 0 Å². The van der Waals surface area contributed by atoms with E-state index in [4.69, 9.17) is 4.74 Å². The van der Waals surface area contributed by atoms with Crippen LogP contribution in [0, 0.1) is 5.92 Å². The topological polar surface area (TPSA) is 29.5 Å². The van der Waals surface area contributed by atoms with Gasteiger partial charge in [-0.3, -0.25) is 4.79 Å². The summed E-state index contributed by atoms with van der Waals surface area (Å²) in [6.45, 7) is 5.01. The molecule has 2 aliphatic rings. The Morgan fingerprint density at radius 2 is 2.14 bits per heavy atom. The van der Waals surface area contributed by atoms with Gasteiger partial charge in [0.1, 0.15) is 5.78 Å². The van der Waals surface area contributed by atoms with Gasteiger partial charge in [0.15, 0.2) is 0 Å². The summed E-state index contributed by atoms with van der Waals surface area (Å²) < 4.78 is 5.34. The number of carbonyl (C=O) groups is 1. The fourth-order valence-electron chi connectivity index (χ4n) is 2.20. The number of hydrogen-bond donors (Lipinski definition) is 0. The van der Waals surface area contributed by atoms with Crippen LogP contribution in [-0.2, 0) is 9.53 Å². The van der Waals surface area contributed by atoms with Gasteiger partial charge in [-0.1, -0.05) is 0 Å². The molecule has 0 spiro atoms. The van der Waals surface area contributed by atoms with Gasteiger partial charge < -0.3 is 9.64 Å². The third kappa shape index (κ3) is 2.79. The van der Waals surface area contributed by atoms with E-state index in [1.165, 1.54) is 12.8 Å². The van der Waals surface area contributed by atoms with Gasteiger partial charge in [-0.05, 0) is 25.3 Å². The zero-order valence-corrected chi connectivity index (χ0v) is 8.71. The summed E-state index contributed by atoms with van der Waals surface area (Å²) in [6.07, 6.45) is 4.00. The summed E-state index contributed by atoms with van der Waals surface area (Å²) in [5.74, 6) is 1.21. The Labute approximate surface area is 85.4 Å². The van der Waals surface area contributed by atoms with Crippen LogP contribution in [-0.4, -0.2) is 43.5 Å². The van der Waals surface area contributed by atoms with Crippen molar-refractivity contribution >= 4 is 5.78 Å². The molecule has 0 radical (unpaired) electrons. The average molecular weight is 197 g/mol. The van der Waals surface area contributed by atoms with Crippen molar-refractivity contribution in [1.82, 2.24) is 4.90 Å². The van der Waals surface area contributed by atoms with Crippen LogP contribution in [0.15, 0.2) is 0 Å². The lowest BCUT2D eigenvalue weighted by Gasteiger charge is -2.26. The van der Waals surface area contributed by atoms with Crippen molar-refractivity contribution in [3.63, 3.8) is 0 Å². The second-order valence-corrected chi connectivity index (χ2v) is 4.40. The molecular weight excluding hydrogens is 178 g/mol. The number of hydrogen-bond acceptors (Lipinski definition) is 3. The van der Waals surface area contributed by atoms with Gasteiger partial charge in [0.25, 0.3) is 0 Å². The molecule has 0 aliphatic carbocycles. The summed E-state index contributed by atoms with van der Waals surface area (Å²) in [5, 5.41) is 0. The SMILES string of the molecule is O=C1CCN(CCC2CCOC2)CC1. The Kier molecular flexibility index (Phi) is 3.54. The fourth-order valence-corrected chi connectivity index (χ4v) is 2.20. The summed E-state index contributed by atoms with van der Waals surface area (Å²) in [7, 11) is 0. The van der Waals surface area contributed by atoms with Crippen LogP contribution in [0.1, 0.15) is 25.7 Å². The minimum Gasteiger partial charge on any atom is -0.381 e. The van der Waals surface area contributed by atoms with E-state index in [1.807, 2.05) is 0 Å². The minimum atomic E-state index is 0.436. The first-order chi connectivity index (χ1) is 6.84. The molecule has 0 aromatic carbocycles. The zero-order valence-electron chi connectivity index (χ0n) is 8.71. The van der Waals surface area contributed by atoms with Crippen LogP contribution in [0.3, 0.4) is 0 Å². The Hall–Kier alpha value is -0.410. The minimum absolute atomic E-state index is 0.436. The molecule has 2 aliphatic heterocycles. The normalized spacial score (nSPS) is 29.7. The summed E-state index contributed by atoms with van der Waals surface area (Å²) in [4.78, 5) is 13.4. The Morgan fingerprint density at radius 1 is 1.36 bits per heavy atom. The molecule has 1 atom stereocenters. The molecule has 80 valence electrons. The Bertz CT molecular complexity index is 189. The number of nitrogens with zero attached hydrogens (tertiary/aromatic N) is 1. The molecule has 0 bridgehead atoms. The van der Waals surface area contributed by atoms with Crippen molar-refractivity contribution in [3.05, 3.63) is 0 Å². The molecule has 2 saturated heterocycles. The maximum absolute atomic E-state index is 11.0. The molecule has 0 amide bonds. The third-order valence-electron chi connectivity index (χ3n) is 3.29. The smallest absolute Gasteiger partial charge is 0.135 e. The van der Waals surface area contributed by atoms with Crippen LogP contribution < -0.4 is 0 Å². The molecule has 3 nitrogen and oxygen atoms in total. The number of Topliss-reactive ketones (excluding diaryl/α,β-unsaturated/α-hetero) is 1. The lowest BCUT2D eigenvalue weighted by Crippen LogP contribution is -2.35. The van der Waals surface area contributed by atoms with Crippen molar-refractivity contribution in [2.45, 2.75) is 25.7 Å². The van der Waals surface area contributed by atoms with Gasteiger partial charge in [0.2, 0.25) is 0 Å². The van der Waals surface area contributed by atoms with Gasteiger partial charge in [-0.2, -0.15) is 0 Å². The van der Waals surface area contributed by atoms with E-state index in [1.54, 1.807) is 0 Å². The maximum Gasteiger partial charge on any atom is 0.135 e. The maximum atomic E-state index is 11.0. The van der Waals surface area contributed by atoms with E-state index >= 15 is 0 Å². The largest absolute Gasteiger partial charge is 0.381 e. The number of carbonyl (C=O) groups excluding carboxylic acids is 1. The van der Waals surface area contributed by atoms with Gasteiger partial charge in [-0.15, -0.1) is 0 Å². The highest BCUT2D eigenvalue weighted by Gasteiger charge is 2.19. The van der Waals surface area contributed by atoms with Gasteiger partial charge >= 0.3 is 0 Å². The lowest BCUT2D eigenvalue weighted by atomic mass is 10.0. The first-order valence-corrected chi connectivity index (χ1v) is 5.66. The standard InChI is InChI=1S/C11H19NO2/c13-11-2-6-12(7-3-11)5-1-10-4-8-14-9-10/h10H,1-9H2. The predicted molar refractivity (Wildman–Crippen MR) is 54.2 cm³/mol. The highest BCUT2D eigenvalue weighted by atomic mass is 16.5. The van der Waals surface area contributed by atoms with Crippen LogP contribution in [0.4, 0.5) is 0 Å². The first kappa shape index (κ1) is 10.1. The van der Waals surface area contributed by atoms with Crippen molar-refractivity contribution in [2.75, 3.05) is 32.8 Å². The van der Waals surface area contributed by atoms with Crippen molar-refractivity contribution in [3.8, 4) is 0 Å². The average Bonchev–Trinajstić information content (AvgIpc) is 2.70. The quantitative estimate of drug-likeness (QED) is 0.678. The monoisotopic (exact) mass is 197 g/mol. The lowest BCUT2D eigenvalue weighted by molar-refractivity contribution is -0.121. The highest BCUT2D eigenvalue weighted by molar-refractivity contribution is 5.79. The molecule has 14 heavy (non-hydrogen) atoms. The molecule has 2 fully saturated rings. The molecule has 0 aromatic heterocycles. The molecule has 0 aromatic rings. The number of ether oxygens (including phenoxy) is 1. The fraction of sp³-hybridized carbons (Fsp3) is 0.909. The molecule has 3 heteroatoms. The number of likely N-dealkylation sites (tertiary alicyclic amines) is 1. The van der Waals surface area contributed by atoms with Crippen LogP contribution >= 0.6 is 0 Å². The van der Waals surface area contributed by atoms with E-state index in [2.05, 4.69) is 4.90 Å². The summed E-state index contributed by atoms with van der Waals surface area (Å²) >= 11 is 0. The Morgan fingerprint density at radius 3 is 2.79 bits per heavy atom. The molecule has 0 saturated carbocycles. The van der Waals surface area contributed by atoms with Crippen molar-refractivity contribution < 1.29 is 9.53 Å². The van der Waals surface area contributed by atoms with Gasteiger partial charge in [0.05, 0.1) is 0 Å². The second-order valence-electron chi connectivity index (χ2n) is 4.40. The van der Waals surface area contributed by atoms with E-state index < -0.39 is 0 Å². The van der Waals surface area contributed by atoms with Crippen LogP contribution in [0.2, 0.25) is 0 Å². The van der Waals surface area contributed by atoms with E-state index in [0.29, 0.717) is 5.78 Å².